The number of hydrogen-bond acceptors (Lipinski definition) is 8. The maximum Gasteiger partial charge on any atom is 0.330 e. The normalized spacial score (nSPS) is 24.0. The fourth-order valence-corrected chi connectivity index (χ4v) is 5.27. The predicted octanol–water partition coefficient (Wildman–Crippen LogP) is 2.16. The van der Waals surface area contributed by atoms with Crippen LogP contribution >= 0.6 is 8.53 Å². The molecule has 32 heavy (non-hydrogen) atoms. The third kappa shape index (κ3) is 7.00. The summed E-state index contributed by atoms with van der Waals surface area (Å²) in [6, 6.07) is 3.48. The monoisotopic (exact) mass is 649 g/mol. The van der Waals surface area contributed by atoms with Gasteiger partial charge in [0, 0.05) is 51.6 Å². The molecule has 5 atom stereocenters. The molecule has 1 aromatic heterocycles. The molecule has 2 rings (SSSR count). The number of methoxy groups -OCH3 is 1. The summed E-state index contributed by atoms with van der Waals surface area (Å²) in [4.78, 5) is 25.9. The van der Waals surface area contributed by atoms with Crippen LogP contribution in [0.4, 0.5) is 0 Å². The number of nitriles is 1. The van der Waals surface area contributed by atoms with Crippen LogP contribution in [0.5, 0.6) is 0 Å². The molecule has 2 N–H and O–H groups in total. The van der Waals surface area contributed by atoms with E-state index in [9.17, 15) is 9.59 Å². The zero-order valence-electron chi connectivity index (χ0n) is 18.8. The first kappa shape index (κ1) is 29.0. The van der Waals surface area contributed by atoms with Gasteiger partial charge in [-0.05, 0) is 27.7 Å². The predicted molar refractivity (Wildman–Crippen MR) is 115 cm³/mol. The average molecular weight is 649 g/mol. The van der Waals surface area contributed by atoms with Gasteiger partial charge in [-0.1, -0.05) is 0 Å². The molecule has 0 spiro atoms. The number of nitrogens with one attached hydrogen (secondary N) is 2. The molecular formula is C19H31IrN5O6P-. The molecule has 5 unspecified atom stereocenters. The van der Waals surface area contributed by atoms with E-state index in [0.717, 1.165) is 0 Å². The number of ether oxygens (including phenoxy) is 2. The standard InChI is InChI=1S/C19H31N5O6P.Ir/c1-12(2)24(13(3)4)31(28-10-6-8-20)30-16-14(11-21)29-18(17(16)27-5)23-9-7-15(25)22-19(23)26;/h7,9,12-14,16-18,21H,6,10-11H2,1-5H3,(H,22,25,26);/q-1;. The van der Waals surface area contributed by atoms with Gasteiger partial charge in [-0.2, -0.15) is 5.26 Å². The van der Waals surface area contributed by atoms with Gasteiger partial charge in [0.15, 0.2) is 6.23 Å². The van der Waals surface area contributed by atoms with Gasteiger partial charge in [0.1, 0.15) is 12.2 Å². The molecule has 1 saturated heterocycles. The quantitative estimate of drug-likeness (QED) is 0.284. The van der Waals surface area contributed by atoms with Gasteiger partial charge in [0.2, 0.25) is 0 Å². The van der Waals surface area contributed by atoms with Crippen LogP contribution in [0.2, 0.25) is 0 Å². The van der Waals surface area contributed by atoms with E-state index in [1.807, 2.05) is 27.7 Å². The first-order chi connectivity index (χ1) is 14.7. The van der Waals surface area contributed by atoms with E-state index in [0.29, 0.717) is 0 Å². The fraction of sp³-hybridized carbons (Fsp3) is 0.737. The van der Waals surface area contributed by atoms with Crippen molar-refractivity contribution in [2.24, 2.45) is 0 Å². The maximum atomic E-state index is 12.3. The Morgan fingerprint density at radius 2 is 1.97 bits per heavy atom. The molecule has 1 aliphatic heterocycles. The van der Waals surface area contributed by atoms with Crippen LogP contribution in [-0.2, 0) is 38.6 Å². The summed E-state index contributed by atoms with van der Waals surface area (Å²) in [6.07, 6.45) is -1.42. The van der Waals surface area contributed by atoms with E-state index in [-0.39, 0.29) is 51.8 Å². The summed E-state index contributed by atoms with van der Waals surface area (Å²) < 4.78 is 27.2. The number of aromatic amines is 1. The molecule has 0 bridgehead atoms. The second-order valence-corrected chi connectivity index (χ2v) is 9.01. The van der Waals surface area contributed by atoms with Gasteiger partial charge in [-0.15, -0.1) is 6.54 Å². The summed E-state index contributed by atoms with van der Waals surface area (Å²) in [5.41, 5.74) is 6.77. The van der Waals surface area contributed by atoms with E-state index in [4.69, 9.17) is 29.5 Å². The summed E-state index contributed by atoms with van der Waals surface area (Å²) in [5.74, 6) is 0. The molecule has 1 fully saturated rings. The second-order valence-electron chi connectivity index (χ2n) is 7.60. The molecule has 1 aromatic rings. The van der Waals surface area contributed by atoms with Crippen LogP contribution in [0.1, 0.15) is 40.3 Å². The largest absolute Gasteiger partial charge is 0.675 e. The third-order valence-electron chi connectivity index (χ3n) is 4.76. The number of H-pyrrole nitrogens is 1. The van der Waals surface area contributed by atoms with Gasteiger partial charge in [-0.25, -0.2) is 9.46 Å². The third-order valence-corrected chi connectivity index (χ3v) is 6.89. The second kappa shape index (κ2) is 13.7. The Balaban J connectivity index is 0.00000512. The molecule has 183 valence electrons. The van der Waals surface area contributed by atoms with E-state index < -0.39 is 44.3 Å². The van der Waals surface area contributed by atoms with Crippen molar-refractivity contribution in [2.45, 2.75) is 70.7 Å². The zero-order valence-corrected chi connectivity index (χ0v) is 22.1. The van der Waals surface area contributed by atoms with Gasteiger partial charge < -0.3 is 24.3 Å². The minimum Gasteiger partial charge on any atom is -0.675 e. The smallest absolute Gasteiger partial charge is 0.330 e. The fourth-order valence-electron chi connectivity index (χ4n) is 3.50. The number of hydrogen-bond donors (Lipinski definition) is 1. The maximum absolute atomic E-state index is 12.3. The van der Waals surface area contributed by atoms with Gasteiger partial charge >= 0.3 is 5.69 Å². The number of rotatable bonds is 11. The van der Waals surface area contributed by atoms with Crippen LogP contribution < -0.4 is 11.2 Å². The molecule has 0 amide bonds. The Labute approximate surface area is 202 Å². The van der Waals surface area contributed by atoms with Crippen LogP contribution in [0.15, 0.2) is 21.9 Å². The average Bonchev–Trinajstić information content (AvgIpc) is 3.04. The molecule has 0 saturated carbocycles. The molecule has 2 heterocycles. The summed E-state index contributed by atoms with van der Waals surface area (Å²) >= 11 is 0. The Morgan fingerprint density at radius 1 is 1.31 bits per heavy atom. The minimum atomic E-state index is -1.60. The molecule has 11 nitrogen and oxygen atoms in total. The van der Waals surface area contributed by atoms with Crippen molar-refractivity contribution in [3.63, 3.8) is 0 Å². The Kier molecular flexibility index (Phi) is 12.4. The molecular weight excluding hydrogens is 617 g/mol. The van der Waals surface area contributed by atoms with Crippen molar-refractivity contribution in [1.82, 2.24) is 14.2 Å². The molecule has 1 aliphatic rings. The Bertz CT molecular complexity index is 852. The van der Waals surface area contributed by atoms with Crippen molar-refractivity contribution in [2.75, 3.05) is 20.3 Å². The molecule has 1 radical (unpaired) electrons. The summed E-state index contributed by atoms with van der Waals surface area (Å²) in [5, 5.41) is 8.89. The first-order valence-electron chi connectivity index (χ1n) is 10.1. The van der Waals surface area contributed by atoms with Crippen LogP contribution in [-0.4, -0.2) is 64.9 Å². The molecule has 0 aromatic carbocycles. The van der Waals surface area contributed by atoms with Gasteiger partial charge in [-0.3, -0.25) is 14.3 Å². The van der Waals surface area contributed by atoms with Crippen LogP contribution in [0, 0.1) is 11.3 Å². The van der Waals surface area contributed by atoms with Crippen molar-refractivity contribution in [1.29, 1.82) is 5.26 Å². The summed E-state index contributed by atoms with van der Waals surface area (Å²) in [6.45, 7) is 8.18. The Hall–Kier alpha value is -0.991. The number of nitrogens with zero attached hydrogens (tertiary/aromatic N) is 3. The van der Waals surface area contributed by atoms with E-state index in [1.54, 1.807) is 0 Å². The van der Waals surface area contributed by atoms with Crippen molar-refractivity contribution >= 4 is 8.53 Å². The van der Waals surface area contributed by atoms with Crippen LogP contribution in [0.25, 0.3) is 5.73 Å². The van der Waals surface area contributed by atoms with Crippen molar-refractivity contribution < 1.29 is 38.6 Å². The van der Waals surface area contributed by atoms with E-state index >= 15 is 0 Å². The molecule has 13 heteroatoms. The SMILES string of the molecule is COC1C(OP(OCCC#N)N(C(C)C)C(C)C)C(C[NH-])OC1n1ccc(=O)[nH]c1=O.[Ir]. The Morgan fingerprint density at radius 3 is 2.47 bits per heavy atom. The molecule has 0 aliphatic carbocycles. The minimum absolute atomic E-state index is 0. The van der Waals surface area contributed by atoms with Crippen LogP contribution in [0.3, 0.4) is 0 Å². The van der Waals surface area contributed by atoms with E-state index in [1.165, 1.54) is 23.9 Å². The first-order valence-corrected chi connectivity index (χ1v) is 11.3. The summed E-state index contributed by atoms with van der Waals surface area (Å²) in [7, 11) is -0.123. The van der Waals surface area contributed by atoms with Crippen molar-refractivity contribution in [3.05, 3.63) is 38.8 Å². The zero-order chi connectivity index (χ0) is 23.1. The van der Waals surface area contributed by atoms with E-state index in [2.05, 4.69) is 15.7 Å². The number of aromatic nitrogens is 2. The van der Waals surface area contributed by atoms with Crippen molar-refractivity contribution in [3.8, 4) is 6.07 Å². The topological polar surface area (TPSA) is 143 Å². The van der Waals surface area contributed by atoms with Gasteiger partial charge in [0.25, 0.3) is 14.1 Å². The van der Waals surface area contributed by atoms with Gasteiger partial charge in [0.05, 0.1) is 25.2 Å².